The maximum absolute atomic E-state index is 11.7. The highest BCUT2D eigenvalue weighted by Crippen LogP contribution is 2.34. The Morgan fingerprint density at radius 2 is 2.10 bits per heavy atom. The van der Waals surface area contributed by atoms with E-state index < -0.39 is 11.5 Å². The summed E-state index contributed by atoms with van der Waals surface area (Å²) in [5.74, 6) is -0.718. The van der Waals surface area contributed by atoms with E-state index in [0.29, 0.717) is 31.5 Å². The second-order valence-corrected chi connectivity index (χ2v) is 6.41. The molecule has 0 aromatic rings. The standard InChI is InChI=1S/C15H30N2O3/c1-11(2)16-15(14(18)19)7-6-13(10-15)17(12(3)4)8-9-20-5/h11-13,16H,6-10H2,1-5H3,(H,18,19). The van der Waals surface area contributed by atoms with Crippen LogP contribution in [0.2, 0.25) is 0 Å². The van der Waals surface area contributed by atoms with Gasteiger partial charge in [-0.25, -0.2) is 0 Å². The van der Waals surface area contributed by atoms with Gasteiger partial charge in [0.2, 0.25) is 0 Å². The minimum Gasteiger partial charge on any atom is -0.480 e. The van der Waals surface area contributed by atoms with Crippen LogP contribution >= 0.6 is 0 Å². The van der Waals surface area contributed by atoms with E-state index in [1.165, 1.54) is 0 Å². The first-order chi connectivity index (χ1) is 9.32. The van der Waals surface area contributed by atoms with Gasteiger partial charge in [-0.3, -0.25) is 15.0 Å². The van der Waals surface area contributed by atoms with Crippen LogP contribution < -0.4 is 5.32 Å². The first-order valence-electron chi connectivity index (χ1n) is 7.58. The molecule has 0 radical (unpaired) electrons. The van der Waals surface area contributed by atoms with Crippen LogP contribution in [-0.2, 0) is 9.53 Å². The fourth-order valence-electron chi connectivity index (χ4n) is 3.30. The largest absolute Gasteiger partial charge is 0.480 e. The molecule has 0 aliphatic heterocycles. The van der Waals surface area contributed by atoms with Crippen LogP contribution in [-0.4, -0.2) is 59.9 Å². The SMILES string of the molecule is COCCN(C(C)C)C1CCC(NC(C)C)(C(=O)O)C1. The van der Waals surface area contributed by atoms with Crippen molar-refractivity contribution in [3.05, 3.63) is 0 Å². The van der Waals surface area contributed by atoms with Crippen LogP contribution in [0.3, 0.4) is 0 Å². The molecule has 0 spiro atoms. The number of methoxy groups -OCH3 is 1. The van der Waals surface area contributed by atoms with Gasteiger partial charge < -0.3 is 9.84 Å². The van der Waals surface area contributed by atoms with Crippen molar-refractivity contribution in [2.45, 2.75) is 70.6 Å². The van der Waals surface area contributed by atoms with Crippen LogP contribution in [0.5, 0.6) is 0 Å². The van der Waals surface area contributed by atoms with Crippen molar-refractivity contribution < 1.29 is 14.6 Å². The molecule has 2 unspecified atom stereocenters. The predicted octanol–water partition coefficient (Wildman–Crippen LogP) is 1.72. The first-order valence-corrected chi connectivity index (χ1v) is 7.58. The molecule has 5 nitrogen and oxygen atoms in total. The smallest absolute Gasteiger partial charge is 0.323 e. The lowest BCUT2D eigenvalue weighted by atomic mass is 9.96. The molecule has 0 amide bonds. The van der Waals surface area contributed by atoms with Crippen molar-refractivity contribution in [1.82, 2.24) is 10.2 Å². The highest BCUT2D eigenvalue weighted by molar-refractivity contribution is 5.79. The zero-order chi connectivity index (χ0) is 15.3. The monoisotopic (exact) mass is 286 g/mol. The Morgan fingerprint density at radius 3 is 2.55 bits per heavy atom. The van der Waals surface area contributed by atoms with Crippen molar-refractivity contribution in [2.75, 3.05) is 20.3 Å². The molecule has 2 atom stereocenters. The van der Waals surface area contributed by atoms with E-state index in [4.69, 9.17) is 4.74 Å². The van der Waals surface area contributed by atoms with Gasteiger partial charge >= 0.3 is 5.97 Å². The lowest BCUT2D eigenvalue weighted by molar-refractivity contribution is -0.145. The highest BCUT2D eigenvalue weighted by Gasteiger charge is 2.47. The van der Waals surface area contributed by atoms with Crippen LogP contribution in [0, 0.1) is 0 Å². The Labute approximate surface area is 122 Å². The maximum Gasteiger partial charge on any atom is 0.323 e. The van der Waals surface area contributed by atoms with Crippen molar-refractivity contribution in [3.63, 3.8) is 0 Å². The highest BCUT2D eigenvalue weighted by atomic mass is 16.5. The fraction of sp³-hybridized carbons (Fsp3) is 0.933. The third-order valence-corrected chi connectivity index (χ3v) is 4.15. The quantitative estimate of drug-likeness (QED) is 0.711. The van der Waals surface area contributed by atoms with Crippen molar-refractivity contribution in [3.8, 4) is 0 Å². The van der Waals surface area contributed by atoms with E-state index in [0.717, 1.165) is 13.0 Å². The summed E-state index contributed by atoms with van der Waals surface area (Å²) in [5.41, 5.74) is -0.765. The summed E-state index contributed by atoms with van der Waals surface area (Å²) in [4.78, 5) is 14.1. The van der Waals surface area contributed by atoms with Gasteiger partial charge in [-0.1, -0.05) is 0 Å². The molecule has 0 heterocycles. The molecule has 5 heteroatoms. The molecule has 1 rings (SSSR count). The molecule has 0 aromatic carbocycles. The predicted molar refractivity (Wildman–Crippen MR) is 80.0 cm³/mol. The Kier molecular flexibility index (Phi) is 6.43. The zero-order valence-electron chi connectivity index (χ0n) is 13.5. The number of carboxylic acid groups (broad SMARTS) is 1. The summed E-state index contributed by atoms with van der Waals surface area (Å²) in [6.07, 6.45) is 2.29. The van der Waals surface area contributed by atoms with E-state index in [9.17, 15) is 9.90 Å². The molecule has 118 valence electrons. The first kappa shape index (κ1) is 17.4. The van der Waals surface area contributed by atoms with Gasteiger partial charge in [0.1, 0.15) is 5.54 Å². The molecule has 0 aromatic heterocycles. The minimum atomic E-state index is -0.765. The number of ether oxygens (including phenoxy) is 1. The number of rotatable bonds is 8. The second-order valence-electron chi connectivity index (χ2n) is 6.41. The molecule has 1 aliphatic rings. The number of carbonyl (C=O) groups is 1. The normalized spacial score (nSPS) is 26.9. The molecule has 0 saturated heterocycles. The summed E-state index contributed by atoms with van der Waals surface area (Å²) >= 11 is 0. The maximum atomic E-state index is 11.7. The Morgan fingerprint density at radius 1 is 1.45 bits per heavy atom. The van der Waals surface area contributed by atoms with Gasteiger partial charge in [0.05, 0.1) is 6.61 Å². The zero-order valence-corrected chi connectivity index (χ0v) is 13.5. The number of aliphatic carboxylic acids is 1. The van der Waals surface area contributed by atoms with Crippen LogP contribution in [0.4, 0.5) is 0 Å². The second kappa shape index (κ2) is 7.38. The Hall–Kier alpha value is -0.650. The lowest BCUT2D eigenvalue weighted by Crippen LogP contribution is -2.54. The van der Waals surface area contributed by atoms with Crippen molar-refractivity contribution in [2.24, 2.45) is 0 Å². The van der Waals surface area contributed by atoms with E-state index in [2.05, 4.69) is 24.1 Å². The van der Waals surface area contributed by atoms with Gasteiger partial charge in [-0.15, -0.1) is 0 Å². The van der Waals surface area contributed by atoms with Crippen molar-refractivity contribution in [1.29, 1.82) is 0 Å². The molecular formula is C15H30N2O3. The van der Waals surface area contributed by atoms with Crippen LogP contribution in [0.15, 0.2) is 0 Å². The molecule has 1 saturated carbocycles. The van der Waals surface area contributed by atoms with E-state index in [1.807, 2.05) is 13.8 Å². The van der Waals surface area contributed by atoms with Gasteiger partial charge in [0.15, 0.2) is 0 Å². The van der Waals surface area contributed by atoms with Gasteiger partial charge in [0, 0.05) is 31.8 Å². The number of hydrogen-bond donors (Lipinski definition) is 2. The molecule has 0 bridgehead atoms. The number of carboxylic acids is 1. The number of hydrogen-bond acceptors (Lipinski definition) is 4. The van der Waals surface area contributed by atoms with Gasteiger partial charge in [-0.05, 0) is 47.0 Å². The number of nitrogens with zero attached hydrogens (tertiary/aromatic N) is 1. The van der Waals surface area contributed by atoms with E-state index >= 15 is 0 Å². The molecule has 1 aliphatic carbocycles. The molecule has 20 heavy (non-hydrogen) atoms. The summed E-state index contributed by atoms with van der Waals surface area (Å²) in [6, 6.07) is 0.891. The summed E-state index contributed by atoms with van der Waals surface area (Å²) in [5, 5.41) is 12.9. The van der Waals surface area contributed by atoms with Crippen LogP contribution in [0.25, 0.3) is 0 Å². The summed E-state index contributed by atoms with van der Waals surface area (Å²) < 4.78 is 5.17. The minimum absolute atomic E-state index is 0.177. The van der Waals surface area contributed by atoms with Crippen molar-refractivity contribution >= 4 is 5.97 Å². The fourth-order valence-corrected chi connectivity index (χ4v) is 3.30. The Balaban J connectivity index is 2.77. The topological polar surface area (TPSA) is 61.8 Å². The lowest BCUT2D eigenvalue weighted by Gasteiger charge is -2.34. The van der Waals surface area contributed by atoms with E-state index in [-0.39, 0.29) is 6.04 Å². The number of nitrogens with one attached hydrogen (secondary N) is 1. The third kappa shape index (κ3) is 4.17. The van der Waals surface area contributed by atoms with Gasteiger partial charge in [0.25, 0.3) is 0 Å². The van der Waals surface area contributed by atoms with E-state index in [1.54, 1.807) is 7.11 Å². The third-order valence-electron chi connectivity index (χ3n) is 4.15. The summed E-state index contributed by atoms with van der Waals surface area (Å²) in [6.45, 7) is 9.87. The molecular weight excluding hydrogens is 256 g/mol. The Bertz CT molecular complexity index is 320. The molecule has 1 fully saturated rings. The average Bonchev–Trinajstić information content (AvgIpc) is 2.73. The van der Waals surface area contributed by atoms with Crippen LogP contribution in [0.1, 0.15) is 47.0 Å². The van der Waals surface area contributed by atoms with Gasteiger partial charge in [-0.2, -0.15) is 0 Å². The summed E-state index contributed by atoms with van der Waals surface area (Å²) in [7, 11) is 1.70. The molecule has 2 N–H and O–H groups in total. The average molecular weight is 286 g/mol.